The molecule has 6 heteroatoms. The van der Waals surface area contributed by atoms with Crippen LogP contribution in [-0.2, 0) is 23.1 Å². The number of carboxylic acid groups (broad SMARTS) is 1. The van der Waals surface area contributed by atoms with Gasteiger partial charge in [-0.25, -0.2) is 0 Å². The normalized spacial score (nSPS) is 18.5. The molecule has 2 aliphatic carbocycles. The first-order chi connectivity index (χ1) is 17.5. The minimum Gasteiger partial charge on any atom is -0.481 e. The van der Waals surface area contributed by atoms with Gasteiger partial charge in [-0.2, -0.15) is 0 Å². The second-order valence-electron chi connectivity index (χ2n) is 9.90. The fourth-order valence-corrected chi connectivity index (χ4v) is 5.42. The van der Waals surface area contributed by atoms with Gasteiger partial charge in [-0.3, -0.25) is 10.1 Å². The summed E-state index contributed by atoms with van der Waals surface area (Å²) < 4.78 is 5.56. The summed E-state index contributed by atoms with van der Waals surface area (Å²) in [6.07, 6.45) is 4.76. The summed E-state index contributed by atoms with van der Waals surface area (Å²) in [5.74, 6) is -0.0856. The van der Waals surface area contributed by atoms with E-state index in [1.54, 1.807) is 6.20 Å². The Morgan fingerprint density at radius 2 is 1.67 bits per heavy atom. The molecule has 0 spiro atoms. The van der Waals surface area contributed by atoms with Crippen molar-refractivity contribution in [3.05, 3.63) is 101 Å². The zero-order chi connectivity index (χ0) is 24.7. The summed E-state index contributed by atoms with van der Waals surface area (Å²) in [5.41, 5.74) is 6.60. The van der Waals surface area contributed by atoms with Crippen LogP contribution in [-0.4, -0.2) is 27.6 Å². The van der Waals surface area contributed by atoms with Crippen LogP contribution in [0.5, 0.6) is 0 Å². The van der Waals surface area contributed by atoms with Crippen molar-refractivity contribution >= 4 is 5.97 Å². The summed E-state index contributed by atoms with van der Waals surface area (Å²) in [6.45, 7) is 0. The summed E-state index contributed by atoms with van der Waals surface area (Å²) in [7, 11) is 0. The fraction of sp³-hybridized carbons (Fsp3) is 0.267. The zero-order valence-corrected chi connectivity index (χ0v) is 19.9. The van der Waals surface area contributed by atoms with Gasteiger partial charge in [0.05, 0.1) is 11.6 Å². The molecule has 2 atom stereocenters. The van der Waals surface area contributed by atoms with E-state index < -0.39 is 17.6 Å². The van der Waals surface area contributed by atoms with E-state index in [-0.39, 0.29) is 6.04 Å². The third-order valence-electron chi connectivity index (χ3n) is 7.66. The van der Waals surface area contributed by atoms with Gasteiger partial charge >= 0.3 is 5.97 Å². The lowest BCUT2D eigenvalue weighted by atomic mass is 9.93. The average molecular weight is 481 g/mol. The van der Waals surface area contributed by atoms with Crippen LogP contribution < -0.4 is 5.32 Å². The number of fused-ring (bicyclic) bond motifs is 1. The number of carboxylic acids is 1. The molecule has 0 saturated heterocycles. The lowest BCUT2D eigenvalue weighted by Gasteiger charge is -2.19. The number of nitrogens with one attached hydrogen (secondary N) is 1. The number of aliphatic carboxylic acids is 1. The van der Waals surface area contributed by atoms with Crippen molar-refractivity contribution in [1.82, 2.24) is 10.5 Å². The molecule has 1 fully saturated rings. The molecule has 3 aromatic carbocycles. The van der Waals surface area contributed by atoms with E-state index in [1.165, 1.54) is 11.1 Å². The minimum atomic E-state index is -0.740. The summed E-state index contributed by atoms with van der Waals surface area (Å²) in [5, 5.41) is 27.6. The summed E-state index contributed by atoms with van der Waals surface area (Å²) >= 11 is 0. The van der Waals surface area contributed by atoms with Gasteiger partial charge in [0.2, 0.25) is 0 Å². The highest BCUT2D eigenvalue weighted by Crippen LogP contribution is 2.48. The average Bonchev–Trinajstić information content (AvgIpc) is 3.45. The van der Waals surface area contributed by atoms with Gasteiger partial charge in [0.1, 0.15) is 6.23 Å². The monoisotopic (exact) mass is 480 g/mol. The summed E-state index contributed by atoms with van der Waals surface area (Å²) in [4.78, 5) is 11.6. The number of hydrogen-bond donors (Lipinski definition) is 3. The van der Waals surface area contributed by atoms with E-state index in [0.29, 0.717) is 25.0 Å². The van der Waals surface area contributed by atoms with Crippen molar-refractivity contribution in [3.63, 3.8) is 0 Å². The van der Waals surface area contributed by atoms with E-state index in [9.17, 15) is 15.0 Å². The highest BCUT2D eigenvalue weighted by Gasteiger charge is 2.51. The second kappa shape index (κ2) is 9.04. The first-order valence-corrected chi connectivity index (χ1v) is 12.4. The van der Waals surface area contributed by atoms with Gasteiger partial charge < -0.3 is 14.7 Å². The fourth-order valence-electron chi connectivity index (χ4n) is 5.42. The number of aromatic nitrogens is 1. The number of carbonyl (C=O) groups is 1. The van der Waals surface area contributed by atoms with Gasteiger partial charge in [0, 0.05) is 23.6 Å². The molecule has 4 aromatic rings. The first kappa shape index (κ1) is 22.7. The molecule has 6 nitrogen and oxygen atoms in total. The number of aliphatic hydroxyl groups excluding tert-OH is 1. The SMILES string of the molecule is O=C(O)C1(c2ccc(-c3ccc(-c4oncc4CC(O)N[C@H]4CCc5ccccc54)cc3)cc2)CC1. The second-order valence-corrected chi connectivity index (χ2v) is 9.90. The Labute approximate surface area is 209 Å². The van der Waals surface area contributed by atoms with Crippen LogP contribution in [0.1, 0.15) is 47.6 Å². The maximum absolute atomic E-state index is 11.6. The number of nitrogens with zero attached hydrogens (tertiary/aromatic N) is 1. The maximum atomic E-state index is 11.6. The molecule has 36 heavy (non-hydrogen) atoms. The molecule has 0 amide bonds. The molecule has 1 saturated carbocycles. The van der Waals surface area contributed by atoms with E-state index in [0.717, 1.165) is 40.7 Å². The van der Waals surface area contributed by atoms with Gasteiger partial charge in [0.25, 0.3) is 0 Å². The summed E-state index contributed by atoms with van der Waals surface area (Å²) in [6, 6.07) is 24.4. The van der Waals surface area contributed by atoms with Crippen molar-refractivity contribution in [2.75, 3.05) is 0 Å². The molecule has 6 rings (SSSR count). The van der Waals surface area contributed by atoms with Gasteiger partial charge in [-0.05, 0) is 53.5 Å². The molecule has 0 bridgehead atoms. The van der Waals surface area contributed by atoms with Crippen molar-refractivity contribution in [2.24, 2.45) is 0 Å². The van der Waals surface area contributed by atoms with Crippen LogP contribution in [0.15, 0.2) is 83.5 Å². The molecule has 1 heterocycles. The largest absolute Gasteiger partial charge is 0.481 e. The van der Waals surface area contributed by atoms with E-state index in [4.69, 9.17) is 4.52 Å². The molecular weight excluding hydrogens is 452 g/mol. The Hall–Kier alpha value is -3.74. The molecule has 182 valence electrons. The Balaban J connectivity index is 1.14. The van der Waals surface area contributed by atoms with Gasteiger partial charge in [-0.15, -0.1) is 0 Å². The third kappa shape index (κ3) is 4.12. The van der Waals surface area contributed by atoms with Crippen molar-refractivity contribution in [2.45, 2.75) is 49.8 Å². The van der Waals surface area contributed by atoms with Crippen molar-refractivity contribution in [3.8, 4) is 22.5 Å². The van der Waals surface area contributed by atoms with Crippen LogP contribution in [0.2, 0.25) is 0 Å². The predicted octanol–water partition coefficient (Wildman–Crippen LogP) is 5.26. The number of benzene rings is 3. The molecular formula is C30H28N2O4. The quantitative estimate of drug-likeness (QED) is 0.298. The molecule has 0 aliphatic heterocycles. The Morgan fingerprint density at radius 3 is 2.36 bits per heavy atom. The maximum Gasteiger partial charge on any atom is 0.314 e. The lowest BCUT2D eigenvalue weighted by Crippen LogP contribution is -2.33. The zero-order valence-electron chi connectivity index (χ0n) is 19.9. The minimum absolute atomic E-state index is 0.149. The smallest absolute Gasteiger partial charge is 0.314 e. The van der Waals surface area contributed by atoms with Crippen molar-refractivity contribution < 1.29 is 19.5 Å². The molecule has 1 aromatic heterocycles. The molecule has 1 unspecified atom stereocenters. The van der Waals surface area contributed by atoms with Crippen LogP contribution in [0.3, 0.4) is 0 Å². The first-order valence-electron chi connectivity index (χ1n) is 12.4. The van der Waals surface area contributed by atoms with Crippen LogP contribution in [0.4, 0.5) is 0 Å². The van der Waals surface area contributed by atoms with E-state index >= 15 is 0 Å². The Bertz CT molecular complexity index is 1390. The van der Waals surface area contributed by atoms with Crippen LogP contribution in [0.25, 0.3) is 22.5 Å². The highest BCUT2D eigenvalue weighted by atomic mass is 16.5. The third-order valence-corrected chi connectivity index (χ3v) is 7.66. The lowest BCUT2D eigenvalue weighted by molar-refractivity contribution is -0.140. The molecule has 0 radical (unpaired) electrons. The van der Waals surface area contributed by atoms with E-state index in [1.807, 2.05) is 54.6 Å². The van der Waals surface area contributed by atoms with Crippen LogP contribution in [0, 0.1) is 0 Å². The van der Waals surface area contributed by atoms with Gasteiger partial charge in [-0.1, -0.05) is 78.0 Å². The molecule has 2 aliphatic rings. The Morgan fingerprint density at radius 1 is 1.00 bits per heavy atom. The van der Waals surface area contributed by atoms with Gasteiger partial charge in [0.15, 0.2) is 5.76 Å². The predicted molar refractivity (Wildman–Crippen MR) is 136 cm³/mol. The number of rotatable bonds is 8. The molecule has 3 N–H and O–H groups in total. The Kier molecular flexibility index (Phi) is 5.70. The standard InChI is InChI=1S/C30H28N2O4/c33-27(32-26-14-11-21-3-1-2-4-25(21)26)17-23-18-31-36-28(23)22-7-5-19(6-8-22)20-9-12-24(13-10-20)30(15-16-30)29(34)35/h1-10,12-13,18,26-27,32-33H,11,14-17H2,(H,34,35)/t26-,27?/m0/s1. The van der Waals surface area contributed by atoms with E-state index in [2.05, 4.69) is 28.7 Å². The highest BCUT2D eigenvalue weighted by molar-refractivity contribution is 5.85. The van der Waals surface area contributed by atoms with Crippen LogP contribution >= 0.6 is 0 Å². The topological polar surface area (TPSA) is 95.6 Å². The number of aliphatic hydroxyl groups is 1. The van der Waals surface area contributed by atoms with Crippen molar-refractivity contribution in [1.29, 1.82) is 0 Å². The number of hydrogen-bond acceptors (Lipinski definition) is 5. The number of aryl methyl sites for hydroxylation is 1.